The normalized spacial score (nSPS) is 11.4. The molecule has 0 saturated carbocycles. The first kappa shape index (κ1) is 19.4. The molecule has 0 unspecified atom stereocenters. The van der Waals surface area contributed by atoms with Gasteiger partial charge in [-0.3, -0.25) is 4.79 Å². The molecular weight excluding hydrogens is 382 g/mol. The average molecular weight is 403 g/mol. The molecule has 0 aliphatic rings. The second-order valence-electron chi connectivity index (χ2n) is 7.77. The van der Waals surface area contributed by atoms with E-state index < -0.39 is 0 Å². The first-order valence-corrected chi connectivity index (χ1v) is 9.40. The van der Waals surface area contributed by atoms with E-state index in [-0.39, 0.29) is 17.7 Å². The summed E-state index contributed by atoms with van der Waals surface area (Å²) in [6, 6.07) is 11.0. The van der Waals surface area contributed by atoms with E-state index in [4.69, 9.17) is 0 Å². The van der Waals surface area contributed by atoms with Crippen molar-refractivity contribution in [3.8, 4) is 11.6 Å². The summed E-state index contributed by atoms with van der Waals surface area (Å²) in [7, 11) is 0. The van der Waals surface area contributed by atoms with E-state index in [2.05, 4.69) is 56.7 Å². The van der Waals surface area contributed by atoms with Gasteiger partial charge >= 0.3 is 0 Å². The van der Waals surface area contributed by atoms with Crippen LogP contribution < -0.4 is 5.32 Å². The van der Waals surface area contributed by atoms with Crippen LogP contribution in [0.1, 0.15) is 32.0 Å². The van der Waals surface area contributed by atoms with Crippen LogP contribution in [-0.4, -0.2) is 45.9 Å². The fourth-order valence-corrected chi connectivity index (χ4v) is 2.81. The molecule has 0 bridgehead atoms. The predicted octanol–water partition coefficient (Wildman–Crippen LogP) is 2.12. The molecule has 152 valence electrons. The Morgan fingerprint density at radius 1 is 1.10 bits per heavy atom. The van der Waals surface area contributed by atoms with Gasteiger partial charge in [0, 0.05) is 23.9 Å². The van der Waals surface area contributed by atoms with Crippen molar-refractivity contribution >= 4 is 11.7 Å². The van der Waals surface area contributed by atoms with E-state index in [0.717, 1.165) is 16.9 Å². The maximum absolute atomic E-state index is 12.7. The lowest BCUT2D eigenvalue weighted by molar-refractivity contribution is -0.115. The van der Waals surface area contributed by atoms with Crippen LogP contribution in [0.25, 0.3) is 11.6 Å². The summed E-state index contributed by atoms with van der Waals surface area (Å²) < 4.78 is 3.11. The monoisotopic (exact) mass is 403 g/mol. The van der Waals surface area contributed by atoms with Crippen molar-refractivity contribution in [2.45, 2.75) is 32.6 Å². The highest BCUT2D eigenvalue weighted by atomic mass is 16.1. The average Bonchev–Trinajstić information content (AvgIpc) is 3.39. The number of aromatic nitrogens is 8. The number of carbonyl (C=O) groups is 1. The number of carbonyl (C=O) groups excluding carboxylic acids is 1. The Labute approximate surface area is 173 Å². The van der Waals surface area contributed by atoms with Gasteiger partial charge in [-0.25, -0.2) is 14.6 Å². The molecule has 1 aromatic carbocycles. The van der Waals surface area contributed by atoms with E-state index >= 15 is 0 Å². The molecule has 1 amide bonds. The van der Waals surface area contributed by atoms with Gasteiger partial charge in [-0.1, -0.05) is 32.9 Å². The Bertz CT molecular complexity index is 1130. The number of nitrogens with one attached hydrogen (secondary N) is 1. The van der Waals surface area contributed by atoms with Gasteiger partial charge in [-0.05, 0) is 34.2 Å². The third kappa shape index (κ3) is 4.22. The van der Waals surface area contributed by atoms with Crippen LogP contribution in [0, 0.1) is 0 Å². The van der Waals surface area contributed by atoms with Crippen molar-refractivity contribution in [3.63, 3.8) is 0 Å². The summed E-state index contributed by atoms with van der Waals surface area (Å²) in [4.78, 5) is 21.2. The van der Waals surface area contributed by atoms with E-state index in [0.29, 0.717) is 11.8 Å². The van der Waals surface area contributed by atoms with Gasteiger partial charge in [0.05, 0.1) is 17.8 Å². The zero-order valence-corrected chi connectivity index (χ0v) is 16.9. The second kappa shape index (κ2) is 7.82. The summed E-state index contributed by atoms with van der Waals surface area (Å²) in [5, 5.41) is 18.6. The van der Waals surface area contributed by atoms with Gasteiger partial charge in [0.2, 0.25) is 5.91 Å². The maximum atomic E-state index is 12.7. The number of benzene rings is 1. The third-order valence-electron chi connectivity index (χ3n) is 4.40. The van der Waals surface area contributed by atoms with Crippen LogP contribution >= 0.6 is 0 Å². The number of hydrogen-bond acceptors (Lipinski definition) is 7. The van der Waals surface area contributed by atoms with Crippen LogP contribution in [0.15, 0.2) is 55.1 Å². The summed E-state index contributed by atoms with van der Waals surface area (Å²) in [5.41, 5.74) is 2.32. The molecule has 3 heterocycles. The minimum absolute atomic E-state index is 0.164. The van der Waals surface area contributed by atoms with Crippen molar-refractivity contribution in [1.29, 1.82) is 0 Å². The SMILES string of the molecule is CC(C)(C)c1cc(NC(=O)Cc2ccc(-n3cnnn3)cc2)n(-c2ncccn2)n1. The molecule has 0 aliphatic carbocycles. The standard InChI is InChI=1S/C20H21N9O/c1-20(2,3)16-12-17(29(25-16)19-21-9-4-10-22-19)24-18(30)11-14-5-7-15(8-6-14)28-13-23-26-27-28/h4-10,12-13H,11H2,1-3H3,(H,24,30). The molecule has 30 heavy (non-hydrogen) atoms. The molecule has 10 heteroatoms. The number of amides is 1. The summed E-state index contributed by atoms with van der Waals surface area (Å²) in [5.74, 6) is 0.762. The van der Waals surface area contributed by atoms with Gasteiger partial charge in [-0.2, -0.15) is 9.78 Å². The molecule has 0 aliphatic heterocycles. The Hall–Kier alpha value is -3.95. The van der Waals surface area contributed by atoms with E-state index in [1.54, 1.807) is 27.8 Å². The van der Waals surface area contributed by atoms with Gasteiger partial charge < -0.3 is 5.32 Å². The molecule has 0 saturated heterocycles. The van der Waals surface area contributed by atoms with Crippen LogP contribution in [0.3, 0.4) is 0 Å². The molecule has 0 spiro atoms. The van der Waals surface area contributed by atoms with E-state index in [9.17, 15) is 4.79 Å². The lowest BCUT2D eigenvalue weighted by atomic mass is 9.92. The molecule has 3 aromatic heterocycles. The van der Waals surface area contributed by atoms with Crippen LogP contribution in [-0.2, 0) is 16.6 Å². The smallest absolute Gasteiger partial charge is 0.252 e. The summed E-state index contributed by atoms with van der Waals surface area (Å²) in [6.07, 6.45) is 5.00. The van der Waals surface area contributed by atoms with Crippen LogP contribution in [0.4, 0.5) is 5.82 Å². The Morgan fingerprint density at radius 2 is 1.83 bits per heavy atom. The van der Waals surface area contributed by atoms with Crippen molar-refractivity contribution in [1.82, 2.24) is 40.0 Å². The number of hydrogen-bond donors (Lipinski definition) is 1. The molecule has 0 fully saturated rings. The van der Waals surface area contributed by atoms with Gasteiger partial charge in [0.1, 0.15) is 12.1 Å². The molecule has 1 N–H and O–H groups in total. The fraction of sp³-hybridized carbons (Fsp3) is 0.250. The molecule has 0 atom stereocenters. The second-order valence-corrected chi connectivity index (χ2v) is 7.77. The zero-order chi connectivity index (χ0) is 21.1. The summed E-state index contributed by atoms with van der Waals surface area (Å²) in [6.45, 7) is 6.18. The first-order valence-electron chi connectivity index (χ1n) is 9.40. The number of anilines is 1. The van der Waals surface area contributed by atoms with Crippen LogP contribution in [0.2, 0.25) is 0 Å². The van der Waals surface area contributed by atoms with Gasteiger partial charge in [0.15, 0.2) is 0 Å². The topological polar surface area (TPSA) is 116 Å². The third-order valence-corrected chi connectivity index (χ3v) is 4.40. The number of tetrazole rings is 1. The Kier molecular flexibility index (Phi) is 5.05. The minimum atomic E-state index is -0.189. The Balaban J connectivity index is 1.53. The van der Waals surface area contributed by atoms with Crippen LogP contribution in [0.5, 0.6) is 0 Å². The first-order chi connectivity index (χ1) is 14.4. The van der Waals surface area contributed by atoms with Gasteiger partial charge in [0.25, 0.3) is 5.95 Å². The van der Waals surface area contributed by atoms with E-state index in [1.165, 1.54) is 6.33 Å². The minimum Gasteiger partial charge on any atom is -0.310 e. The Morgan fingerprint density at radius 3 is 2.47 bits per heavy atom. The van der Waals surface area contributed by atoms with Crippen molar-refractivity contribution in [2.24, 2.45) is 0 Å². The zero-order valence-electron chi connectivity index (χ0n) is 16.9. The highest BCUT2D eigenvalue weighted by molar-refractivity contribution is 5.91. The fourth-order valence-electron chi connectivity index (χ4n) is 2.81. The summed E-state index contributed by atoms with van der Waals surface area (Å²) >= 11 is 0. The lowest BCUT2D eigenvalue weighted by Crippen LogP contribution is -2.18. The lowest BCUT2D eigenvalue weighted by Gasteiger charge is -2.13. The predicted molar refractivity (Wildman–Crippen MR) is 109 cm³/mol. The molecule has 4 rings (SSSR count). The maximum Gasteiger partial charge on any atom is 0.252 e. The highest BCUT2D eigenvalue weighted by Crippen LogP contribution is 2.25. The number of nitrogens with zero attached hydrogens (tertiary/aromatic N) is 8. The quantitative estimate of drug-likeness (QED) is 0.542. The number of rotatable bonds is 5. The highest BCUT2D eigenvalue weighted by Gasteiger charge is 2.22. The van der Waals surface area contributed by atoms with Crippen molar-refractivity contribution in [3.05, 3.63) is 66.4 Å². The molecule has 10 nitrogen and oxygen atoms in total. The van der Waals surface area contributed by atoms with E-state index in [1.807, 2.05) is 30.3 Å². The molecular formula is C20H21N9O. The molecule has 0 radical (unpaired) electrons. The van der Waals surface area contributed by atoms with Gasteiger partial charge in [-0.15, -0.1) is 5.10 Å². The van der Waals surface area contributed by atoms with Crippen molar-refractivity contribution < 1.29 is 4.79 Å². The van der Waals surface area contributed by atoms with Crippen molar-refractivity contribution in [2.75, 3.05) is 5.32 Å². The molecule has 4 aromatic rings. The largest absolute Gasteiger partial charge is 0.310 e.